The number of rotatable bonds is 8. The van der Waals surface area contributed by atoms with Crippen molar-refractivity contribution in [2.75, 3.05) is 12.3 Å². The largest absolute Gasteiger partial charge is 0.481 e. The van der Waals surface area contributed by atoms with Gasteiger partial charge in [0, 0.05) is 22.2 Å². The van der Waals surface area contributed by atoms with Gasteiger partial charge in [0.25, 0.3) is 5.91 Å². The van der Waals surface area contributed by atoms with E-state index in [1.165, 1.54) is 10.5 Å². The average Bonchev–Trinajstić information content (AvgIpc) is 2.58. The first-order chi connectivity index (χ1) is 11.6. The fourth-order valence-corrected chi connectivity index (χ4v) is 3.07. The molecule has 1 atom stereocenters. The van der Waals surface area contributed by atoms with E-state index in [0.29, 0.717) is 23.7 Å². The van der Waals surface area contributed by atoms with Crippen molar-refractivity contribution in [1.29, 1.82) is 0 Å². The zero-order valence-corrected chi connectivity index (χ0v) is 15.5. The number of hydrogen-bond acceptors (Lipinski definition) is 3. The minimum atomic E-state index is -0.507. The normalized spacial score (nSPS) is 11.8. The standard InChI is InChI=1S/C19H22ClNO2S/c1-3-18(23-16-6-4-5-15(20)13-16)19(22)21-11-12-24-17-9-7-14(2)8-10-17/h4-10,13,18H,3,11-12H2,1-2H3,(H,21,22). The molecular weight excluding hydrogens is 342 g/mol. The summed E-state index contributed by atoms with van der Waals surface area (Å²) in [4.78, 5) is 13.4. The highest BCUT2D eigenvalue weighted by molar-refractivity contribution is 7.99. The second kappa shape index (κ2) is 9.60. The lowest BCUT2D eigenvalue weighted by atomic mass is 10.2. The first-order valence-electron chi connectivity index (χ1n) is 7.98. The van der Waals surface area contributed by atoms with Gasteiger partial charge in [-0.05, 0) is 43.7 Å². The van der Waals surface area contributed by atoms with Crippen LogP contribution in [0.4, 0.5) is 0 Å². The van der Waals surface area contributed by atoms with Gasteiger partial charge in [0.15, 0.2) is 6.10 Å². The van der Waals surface area contributed by atoms with Crippen LogP contribution in [0.3, 0.4) is 0 Å². The summed E-state index contributed by atoms with van der Waals surface area (Å²) in [5, 5.41) is 3.53. The SMILES string of the molecule is CCC(Oc1cccc(Cl)c1)C(=O)NCCSc1ccc(C)cc1. The van der Waals surface area contributed by atoms with Gasteiger partial charge >= 0.3 is 0 Å². The van der Waals surface area contributed by atoms with Gasteiger partial charge in [-0.15, -0.1) is 11.8 Å². The predicted molar refractivity (Wildman–Crippen MR) is 101 cm³/mol. The minimum Gasteiger partial charge on any atom is -0.481 e. The molecule has 0 saturated carbocycles. The Kier molecular flexibility index (Phi) is 7.47. The molecule has 3 nitrogen and oxygen atoms in total. The quantitative estimate of drug-likeness (QED) is 0.545. The highest BCUT2D eigenvalue weighted by Gasteiger charge is 2.17. The van der Waals surface area contributed by atoms with E-state index in [-0.39, 0.29) is 5.91 Å². The van der Waals surface area contributed by atoms with E-state index in [0.717, 1.165) is 5.75 Å². The summed E-state index contributed by atoms with van der Waals surface area (Å²) in [7, 11) is 0. The first kappa shape index (κ1) is 18.7. The van der Waals surface area contributed by atoms with Gasteiger partial charge in [0.2, 0.25) is 0 Å². The van der Waals surface area contributed by atoms with E-state index >= 15 is 0 Å². The van der Waals surface area contributed by atoms with E-state index in [1.807, 2.05) is 6.92 Å². The summed E-state index contributed by atoms with van der Waals surface area (Å²) >= 11 is 7.66. The molecule has 5 heteroatoms. The summed E-state index contributed by atoms with van der Waals surface area (Å²) in [6, 6.07) is 15.5. The fourth-order valence-electron chi connectivity index (χ4n) is 2.12. The second-order valence-corrected chi connectivity index (χ2v) is 7.03. The number of carbonyl (C=O) groups excluding carboxylic acids is 1. The molecule has 2 aromatic carbocycles. The van der Waals surface area contributed by atoms with Crippen LogP contribution >= 0.6 is 23.4 Å². The van der Waals surface area contributed by atoms with Gasteiger partial charge in [0.1, 0.15) is 5.75 Å². The van der Waals surface area contributed by atoms with Crippen LogP contribution in [0.5, 0.6) is 5.75 Å². The van der Waals surface area contributed by atoms with Gasteiger partial charge in [-0.2, -0.15) is 0 Å². The van der Waals surface area contributed by atoms with Gasteiger partial charge in [-0.1, -0.05) is 42.3 Å². The molecule has 0 saturated heterocycles. The molecule has 2 rings (SSSR count). The van der Waals surface area contributed by atoms with Crippen LogP contribution in [0.15, 0.2) is 53.4 Å². The lowest BCUT2D eigenvalue weighted by Gasteiger charge is -2.17. The summed E-state index contributed by atoms with van der Waals surface area (Å²) in [5.41, 5.74) is 1.25. The molecule has 0 aliphatic rings. The Morgan fingerprint density at radius 3 is 2.67 bits per heavy atom. The van der Waals surface area contributed by atoms with Crippen LogP contribution in [0.25, 0.3) is 0 Å². The van der Waals surface area contributed by atoms with Gasteiger partial charge in [-0.25, -0.2) is 0 Å². The van der Waals surface area contributed by atoms with Crippen molar-refractivity contribution in [3.63, 3.8) is 0 Å². The van der Waals surface area contributed by atoms with Gasteiger partial charge in [0.05, 0.1) is 0 Å². The number of benzene rings is 2. The highest BCUT2D eigenvalue weighted by Crippen LogP contribution is 2.19. The van der Waals surface area contributed by atoms with Gasteiger partial charge < -0.3 is 10.1 Å². The summed E-state index contributed by atoms with van der Waals surface area (Å²) in [6.45, 7) is 4.60. The molecule has 0 aliphatic heterocycles. The molecule has 0 fully saturated rings. The smallest absolute Gasteiger partial charge is 0.261 e. The number of thioether (sulfide) groups is 1. The summed E-state index contributed by atoms with van der Waals surface area (Å²) in [6.07, 6.45) is 0.0940. The monoisotopic (exact) mass is 363 g/mol. The molecule has 0 aliphatic carbocycles. The summed E-state index contributed by atoms with van der Waals surface area (Å²) in [5.74, 6) is 1.34. The van der Waals surface area contributed by atoms with Crippen molar-refractivity contribution >= 4 is 29.3 Å². The molecule has 2 aromatic rings. The van der Waals surface area contributed by atoms with E-state index in [9.17, 15) is 4.79 Å². The molecule has 1 N–H and O–H groups in total. The molecule has 0 heterocycles. The van der Waals surface area contributed by atoms with Crippen molar-refractivity contribution in [2.45, 2.75) is 31.3 Å². The van der Waals surface area contributed by atoms with Gasteiger partial charge in [-0.3, -0.25) is 4.79 Å². The zero-order valence-electron chi connectivity index (χ0n) is 13.9. The molecule has 128 valence electrons. The average molecular weight is 364 g/mol. The van der Waals surface area contributed by atoms with E-state index in [4.69, 9.17) is 16.3 Å². The highest BCUT2D eigenvalue weighted by atomic mass is 35.5. The Morgan fingerprint density at radius 1 is 1.25 bits per heavy atom. The molecule has 1 amide bonds. The Morgan fingerprint density at radius 2 is 2.00 bits per heavy atom. The third-order valence-electron chi connectivity index (χ3n) is 3.43. The maximum Gasteiger partial charge on any atom is 0.261 e. The van der Waals surface area contributed by atoms with Crippen molar-refractivity contribution in [3.8, 4) is 5.75 Å². The molecule has 0 radical (unpaired) electrons. The summed E-state index contributed by atoms with van der Waals surface area (Å²) < 4.78 is 5.73. The molecule has 1 unspecified atom stereocenters. The second-order valence-electron chi connectivity index (χ2n) is 5.42. The van der Waals surface area contributed by atoms with E-state index in [2.05, 4.69) is 36.5 Å². The van der Waals surface area contributed by atoms with Crippen molar-refractivity contribution in [1.82, 2.24) is 5.32 Å². The molecule has 0 bridgehead atoms. The maximum absolute atomic E-state index is 12.2. The number of halogens is 1. The molecule has 24 heavy (non-hydrogen) atoms. The maximum atomic E-state index is 12.2. The first-order valence-corrected chi connectivity index (χ1v) is 9.34. The number of nitrogens with one attached hydrogen (secondary N) is 1. The number of ether oxygens (including phenoxy) is 1. The fraction of sp³-hybridized carbons (Fsp3) is 0.316. The van der Waals surface area contributed by atoms with Crippen molar-refractivity contribution < 1.29 is 9.53 Å². The lowest BCUT2D eigenvalue weighted by molar-refractivity contribution is -0.127. The Balaban J connectivity index is 1.76. The van der Waals surface area contributed by atoms with Crippen LogP contribution in [-0.4, -0.2) is 24.3 Å². The van der Waals surface area contributed by atoms with E-state index < -0.39 is 6.10 Å². The van der Waals surface area contributed by atoms with Crippen molar-refractivity contribution in [2.24, 2.45) is 0 Å². The third-order valence-corrected chi connectivity index (χ3v) is 4.68. The number of aryl methyl sites for hydroxylation is 1. The Labute approximate surface area is 152 Å². The van der Waals surface area contributed by atoms with Crippen LogP contribution in [-0.2, 0) is 4.79 Å². The zero-order chi connectivity index (χ0) is 17.4. The van der Waals surface area contributed by atoms with Crippen molar-refractivity contribution in [3.05, 3.63) is 59.1 Å². The van der Waals surface area contributed by atoms with Crippen LogP contribution in [0.2, 0.25) is 5.02 Å². The third kappa shape index (κ3) is 6.10. The molecule has 0 aromatic heterocycles. The Bertz CT molecular complexity index is 661. The van der Waals surface area contributed by atoms with Crippen LogP contribution in [0.1, 0.15) is 18.9 Å². The number of amides is 1. The topological polar surface area (TPSA) is 38.3 Å². The Hall–Kier alpha value is -1.65. The lowest BCUT2D eigenvalue weighted by Crippen LogP contribution is -2.39. The number of carbonyl (C=O) groups is 1. The van der Waals surface area contributed by atoms with E-state index in [1.54, 1.807) is 36.0 Å². The molecular formula is C19H22ClNO2S. The van der Waals surface area contributed by atoms with Crippen LogP contribution < -0.4 is 10.1 Å². The minimum absolute atomic E-state index is 0.0954. The number of hydrogen-bond donors (Lipinski definition) is 1. The predicted octanol–water partition coefficient (Wildman–Crippen LogP) is 4.71. The molecule has 0 spiro atoms. The van der Waals surface area contributed by atoms with Crippen LogP contribution in [0, 0.1) is 6.92 Å².